The highest BCUT2D eigenvalue weighted by Crippen LogP contribution is 2.30. The zero-order chi connectivity index (χ0) is 18.3. The van der Waals surface area contributed by atoms with Crippen LogP contribution in [0.3, 0.4) is 0 Å². The van der Waals surface area contributed by atoms with Crippen molar-refractivity contribution in [3.8, 4) is 0 Å². The van der Waals surface area contributed by atoms with Crippen molar-refractivity contribution in [1.29, 1.82) is 0 Å². The molecule has 2 aromatic rings. The molecular weight excluding hydrogens is 328 g/mol. The minimum atomic E-state index is -0.463. The average Bonchev–Trinajstić information content (AvgIpc) is 2.98. The van der Waals surface area contributed by atoms with Gasteiger partial charge in [-0.25, -0.2) is 0 Å². The summed E-state index contributed by atoms with van der Waals surface area (Å²) < 4.78 is 2.03. The monoisotopic (exact) mass is 354 g/mol. The van der Waals surface area contributed by atoms with Gasteiger partial charge in [0.05, 0.1) is 0 Å². The molecule has 1 N–H and O–H groups in total. The summed E-state index contributed by atoms with van der Waals surface area (Å²) in [6.45, 7) is 2.88. The minimum absolute atomic E-state index is 0.0552. The normalized spacial score (nSPS) is 21.0. The van der Waals surface area contributed by atoms with Crippen LogP contribution in [0.5, 0.6) is 0 Å². The fraction of sp³-hybridized carbons (Fsp3) is 0.500. The summed E-state index contributed by atoms with van der Waals surface area (Å²) in [6.07, 6.45) is 4.36. The Morgan fingerprint density at radius 1 is 1.12 bits per heavy atom. The van der Waals surface area contributed by atoms with Crippen LogP contribution in [0.1, 0.15) is 29.6 Å². The molecule has 0 aliphatic carbocycles. The molecule has 2 fully saturated rings. The van der Waals surface area contributed by atoms with E-state index in [-0.39, 0.29) is 11.8 Å². The van der Waals surface area contributed by atoms with Crippen molar-refractivity contribution in [2.24, 2.45) is 7.05 Å². The topological polar surface area (TPSA) is 57.6 Å². The van der Waals surface area contributed by atoms with Crippen LogP contribution in [-0.4, -0.2) is 64.9 Å². The van der Waals surface area contributed by atoms with Gasteiger partial charge in [0.2, 0.25) is 5.91 Å². The van der Waals surface area contributed by atoms with E-state index in [1.807, 2.05) is 48.0 Å². The van der Waals surface area contributed by atoms with E-state index in [1.54, 1.807) is 0 Å². The zero-order valence-electron chi connectivity index (χ0n) is 15.5. The van der Waals surface area contributed by atoms with Crippen LogP contribution in [0.15, 0.2) is 30.5 Å². The maximum atomic E-state index is 13.0. The fourth-order valence-corrected chi connectivity index (χ4v) is 4.34. The van der Waals surface area contributed by atoms with Gasteiger partial charge in [-0.2, -0.15) is 0 Å². The molecule has 0 saturated carbocycles. The van der Waals surface area contributed by atoms with Gasteiger partial charge in [0.25, 0.3) is 5.91 Å². The SMILES string of the molecule is CN1CCCNC(=O)C12CCN(C(=O)c1ccc3ccn(C)c3c1)CC2. The van der Waals surface area contributed by atoms with Gasteiger partial charge < -0.3 is 14.8 Å². The molecule has 0 radical (unpaired) electrons. The number of likely N-dealkylation sites (N-methyl/N-ethyl adjacent to an activating group) is 1. The quantitative estimate of drug-likeness (QED) is 0.846. The maximum absolute atomic E-state index is 13.0. The molecule has 0 bridgehead atoms. The number of amides is 2. The van der Waals surface area contributed by atoms with Crippen molar-refractivity contribution in [2.75, 3.05) is 33.2 Å². The van der Waals surface area contributed by atoms with Crippen LogP contribution >= 0.6 is 0 Å². The van der Waals surface area contributed by atoms with Crippen LogP contribution in [0, 0.1) is 0 Å². The lowest BCUT2D eigenvalue weighted by atomic mass is 9.85. The number of fused-ring (bicyclic) bond motifs is 1. The predicted octanol–water partition coefficient (Wildman–Crippen LogP) is 1.60. The molecule has 1 aromatic heterocycles. The lowest BCUT2D eigenvalue weighted by Crippen LogP contribution is -2.61. The van der Waals surface area contributed by atoms with Crippen LogP contribution in [0.2, 0.25) is 0 Å². The lowest BCUT2D eigenvalue weighted by Gasteiger charge is -2.44. The van der Waals surface area contributed by atoms with Gasteiger partial charge in [-0.05, 0) is 49.9 Å². The summed E-state index contributed by atoms with van der Waals surface area (Å²) in [5.41, 5.74) is 1.32. The third-order valence-electron chi connectivity index (χ3n) is 6.12. The van der Waals surface area contributed by atoms with E-state index in [1.165, 1.54) is 0 Å². The summed E-state index contributed by atoms with van der Waals surface area (Å²) in [5, 5.41) is 4.19. The van der Waals surface area contributed by atoms with Crippen LogP contribution < -0.4 is 5.32 Å². The third-order valence-corrected chi connectivity index (χ3v) is 6.12. The molecule has 2 aliphatic heterocycles. The predicted molar refractivity (Wildman–Crippen MR) is 101 cm³/mol. The second-order valence-corrected chi connectivity index (χ2v) is 7.56. The van der Waals surface area contributed by atoms with E-state index in [2.05, 4.69) is 16.3 Å². The number of piperidine rings is 1. The number of aromatic nitrogens is 1. The third kappa shape index (κ3) is 2.69. The van der Waals surface area contributed by atoms with Gasteiger partial charge >= 0.3 is 0 Å². The Hall–Kier alpha value is -2.34. The van der Waals surface area contributed by atoms with Crippen molar-refractivity contribution >= 4 is 22.7 Å². The summed E-state index contributed by atoms with van der Waals surface area (Å²) >= 11 is 0. The molecule has 6 heteroatoms. The highest BCUT2D eigenvalue weighted by molar-refractivity contribution is 5.98. The maximum Gasteiger partial charge on any atom is 0.253 e. The highest BCUT2D eigenvalue weighted by atomic mass is 16.2. The second kappa shape index (κ2) is 6.43. The molecule has 1 spiro atoms. The Kier molecular flexibility index (Phi) is 4.23. The number of aryl methyl sites for hydroxylation is 1. The largest absolute Gasteiger partial charge is 0.354 e. The Morgan fingerprint density at radius 2 is 1.88 bits per heavy atom. The molecule has 3 heterocycles. The van der Waals surface area contributed by atoms with Gasteiger partial charge in [0, 0.05) is 50.5 Å². The van der Waals surface area contributed by atoms with E-state index < -0.39 is 5.54 Å². The fourth-order valence-electron chi connectivity index (χ4n) is 4.34. The highest BCUT2D eigenvalue weighted by Gasteiger charge is 2.46. The van der Waals surface area contributed by atoms with Crippen LogP contribution in [0.4, 0.5) is 0 Å². The van der Waals surface area contributed by atoms with Crippen molar-refractivity contribution < 1.29 is 9.59 Å². The van der Waals surface area contributed by atoms with Gasteiger partial charge in [-0.15, -0.1) is 0 Å². The molecule has 2 aliphatic rings. The Balaban J connectivity index is 1.52. The van der Waals surface area contributed by atoms with E-state index in [4.69, 9.17) is 0 Å². The Bertz CT molecular complexity index is 849. The Morgan fingerprint density at radius 3 is 2.65 bits per heavy atom. The van der Waals surface area contributed by atoms with E-state index in [0.29, 0.717) is 31.5 Å². The molecule has 26 heavy (non-hydrogen) atoms. The van der Waals surface area contributed by atoms with E-state index in [0.717, 1.165) is 30.4 Å². The van der Waals surface area contributed by atoms with E-state index >= 15 is 0 Å². The molecule has 2 saturated heterocycles. The number of hydrogen-bond donors (Lipinski definition) is 1. The molecule has 6 nitrogen and oxygen atoms in total. The number of carbonyl (C=O) groups excluding carboxylic acids is 2. The molecule has 138 valence electrons. The van der Waals surface area contributed by atoms with Crippen molar-refractivity contribution in [2.45, 2.75) is 24.8 Å². The molecule has 4 rings (SSSR count). The molecule has 0 atom stereocenters. The summed E-state index contributed by atoms with van der Waals surface area (Å²) in [7, 11) is 4.02. The van der Waals surface area contributed by atoms with Crippen molar-refractivity contribution in [3.63, 3.8) is 0 Å². The summed E-state index contributed by atoms with van der Waals surface area (Å²) in [6, 6.07) is 7.92. The first-order chi connectivity index (χ1) is 12.5. The first kappa shape index (κ1) is 17.1. The van der Waals surface area contributed by atoms with Crippen molar-refractivity contribution in [3.05, 3.63) is 36.0 Å². The first-order valence-electron chi connectivity index (χ1n) is 9.35. The van der Waals surface area contributed by atoms with Crippen molar-refractivity contribution in [1.82, 2.24) is 19.7 Å². The Labute approximate surface area is 153 Å². The summed E-state index contributed by atoms with van der Waals surface area (Å²) in [5.74, 6) is 0.175. The van der Waals surface area contributed by atoms with Gasteiger partial charge in [-0.1, -0.05) is 6.07 Å². The van der Waals surface area contributed by atoms with Gasteiger partial charge in [0.15, 0.2) is 0 Å². The number of benzene rings is 1. The second-order valence-electron chi connectivity index (χ2n) is 7.56. The smallest absolute Gasteiger partial charge is 0.253 e. The van der Waals surface area contributed by atoms with Crippen LogP contribution in [0.25, 0.3) is 10.9 Å². The number of nitrogens with zero attached hydrogens (tertiary/aromatic N) is 3. The molecule has 1 aromatic carbocycles. The molecular formula is C20H26N4O2. The minimum Gasteiger partial charge on any atom is -0.354 e. The van der Waals surface area contributed by atoms with Gasteiger partial charge in [-0.3, -0.25) is 14.5 Å². The number of likely N-dealkylation sites (tertiary alicyclic amines) is 1. The van der Waals surface area contributed by atoms with Gasteiger partial charge in [0.1, 0.15) is 5.54 Å². The number of nitrogens with one attached hydrogen (secondary N) is 1. The van der Waals surface area contributed by atoms with Crippen LogP contribution in [-0.2, 0) is 11.8 Å². The lowest BCUT2D eigenvalue weighted by molar-refractivity contribution is -0.134. The number of hydrogen-bond acceptors (Lipinski definition) is 3. The number of rotatable bonds is 1. The average molecular weight is 354 g/mol. The number of carbonyl (C=O) groups is 2. The zero-order valence-corrected chi connectivity index (χ0v) is 15.5. The molecule has 0 unspecified atom stereocenters. The summed E-state index contributed by atoms with van der Waals surface area (Å²) in [4.78, 5) is 29.7. The van der Waals surface area contributed by atoms with E-state index in [9.17, 15) is 9.59 Å². The standard InChI is InChI=1S/C20H26N4O2/c1-22-11-6-15-4-5-16(14-17(15)22)18(25)24-12-7-20(8-13-24)19(26)21-9-3-10-23(20)2/h4-6,11,14H,3,7-10,12-13H2,1-2H3,(H,21,26). The molecule has 2 amide bonds. The first-order valence-corrected chi connectivity index (χ1v) is 9.35.